The van der Waals surface area contributed by atoms with E-state index in [-0.39, 0.29) is 0 Å². The Bertz CT molecular complexity index is 602. The summed E-state index contributed by atoms with van der Waals surface area (Å²) in [4.78, 5) is 0. The van der Waals surface area contributed by atoms with E-state index in [1.165, 1.54) is 11.1 Å². The van der Waals surface area contributed by atoms with Crippen LogP contribution in [0, 0.1) is 0 Å². The highest BCUT2D eigenvalue weighted by molar-refractivity contribution is 6.31. The lowest BCUT2D eigenvalue weighted by Gasteiger charge is -2.10. The molecule has 0 bridgehead atoms. The number of aryl methyl sites for hydroxylation is 1. The molecule has 0 atom stereocenters. The van der Waals surface area contributed by atoms with Gasteiger partial charge in [-0.25, -0.2) is 0 Å². The normalized spacial score (nSPS) is 11.3. The molecular weight excluding hydrogens is 282 g/mol. The van der Waals surface area contributed by atoms with Gasteiger partial charge < -0.3 is 5.32 Å². The van der Waals surface area contributed by atoms with E-state index in [0.717, 1.165) is 35.8 Å². The maximum absolute atomic E-state index is 6.31. The number of nitrogens with one attached hydrogen (secondary N) is 1. The highest BCUT2D eigenvalue weighted by Crippen LogP contribution is 2.30. The molecule has 4 heteroatoms. The van der Waals surface area contributed by atoms with Crippen LogP contribution >= 0.6 is 11.6 Å². The van der Waals surface area contributed by atoms with Crippen LogP contribution < -0.4 is 5.32 Å². The molecule has 0 saturated carbocycles. The second kappa shape index (κ2) is 7.10. The largest absolute Gasteiger partial charge is 0.313 e. The lowest BCUT2D eigenvalue weighted by Crippen LogP contribution is -2.14. The van der Waals surface area contributed by atoms with Gasteiger partial charge in [-0.1, -0.05) is 38.4 Å². The molecule has 21 heavy (non-hydrogen) atoms. The molecule has 1 heterocycles. The van der Waals surface area contributed by atoms with E-state index < -0.39 is 0 Å². The Morgan fingerprint density at radius 3 is 2.76 bits per heavy atom. The molecule has 0 amide bonds. The maximum Gasteiger partial charge on any atom is 0.0728 e. The smallest absolute Gasteiger partial charge is 0.0728 e. The number of aromatic nitrogens is 2. The first-order valence-electron chi connectivity index (χ1n) is 7.56. The van der Waals surface area contributed by atoms with Crippen molar-refractivity contribution in [1.29, 1.82) is 0 Å². The van der Waals surface area contributed by atoms with E-state index in [0.29, 0.717) is 5.92 Å². The van der Waals surface area contributed by atoms with Gasteiger partial charge in [-0.3, -0.25) is 4.68 Å². The Balaban J connectivity index is 2.34. The summed E-state index contributed by atoms with van der Waals surface area (Å²) < 4.78 is 1.88. The summed E-state index contributed by atoms with van der Waals surface area (Å²) in [7, 11) is 1.97. The minimum absolute atomic E-state index is 0.401. The molecule has 0 spiro atoms. The Morgan fingerprint density at radius 1 is 1.33 bits per heavy atom. The minimum atomic E-state index is 0.401. The summed E-state index contributed by atoms with van der Waals surface area (Å²) in [6, 6.07) is 6.24. The van der Waals surface area contributed by atoms with Crippen LogP contribution in [0.1, 0.15) is 44.4 Å². The van der Waals surface area contributed by atoms with Gasteiger partial charge in [-0.05, 0) is 42.1 Å². The fourth-order valence-corrected chi connectivity index (χ4v) is 2.62. The average molecular weight is 306 g/mol. The third kappa shape index (κ3) is 3.86. The van der Waals surface area contributed by atoms with Crippen molar-refractivity contribution in [2.24, 2.45) is 7.05 Å². The average Bonchev–Trinajstić information content (AvgIpc) is 2.83. The first kappa shape index (κ1) is 16.1. The quantitative estimate of drug-likeness (QED) is 0.803. The van der Waals surface area contributed by atoms with Gasteiger partial charge in [0.2, 0.25) is 0 Å². The molecule has 1 aromatic carbocycles. The molecule has 1 N–H and O–H groups in total. The molecule has 114 valence electrons. The topological polar surface area (TPSA) is 29.9 Å². The fraction of sp³-hybridized carbons (Fsp3) is 0.471. The van der Waals surface area contributed by atoms with Crippen LogP contribution in [0.25, 0.3) is 11.1 Å². The van der Waals surface area contributed by atoms with Gasteiger partial charge in [0.25, 0.3) is 0 Å². The van der Waals surface area contributed by atoms with Crippen molar-refractivity contribution in [2.45, 2.75) is 39.7 Å². The lowest BCUT2D eigenvalue weighted by molar-refractivity contribution is 0.676. The fourth-order valence-electron chi connectivity index (χ4n) is 2.43. The predicted molar refractivity (Wildman–Crippen MR) is 89.7 cm³/mol. The van der Waals surface area contributed by atoms with Crippen LogP contribution in [-0.4, -0.2) is 16.3 Å². The Morgan fingerprint density at radius 2 is 2.10 bits per heavy atom. The first-order valence-corrected chi connectivity index (χ1v) is 7.93. The third-order valence-electron chi connectivity index (χ3n) is 3.50. The molecule has 2 aromatic rings. The van der Waals surface area contributed by atoms with Gasteiger partial charge in [0.15, 0.2) is 0 Å². The summed E-state index contributed by atoms with van der Waals surface area (Å²) in [6.45, 7) is 8.31. The highest BCUT2D eigenvalue weighted by atomic mass is 35.5. The molecular formula is C17H24ClN3. The van der Waals surface area contributed by atoms with Crippen molar-refractivity contribution in [3.8, 4) is 11.1 Å². The number of nitrogens with zero attached hydrogens (tertiary/aromatic N) is 2. The number of hydrogen-bond acceptors (Lipinski definition) is 2. The molecule has 0 fully saturated rings. The van der Waals surface area contributed by atoms with E-state index in [4.69, 9.17) is 11.6 Å². The minimum Gasteiger partial charge on any atom is -0.313 e. The van der Waals surface area contributed by atoms with E-state index in [1.54, 1.807) is 0 Å². The second-order valence-corrected chi connectivity index (χ2v) is 6.15. The molecule has 2 rings (SSSR count). The predicted octanol–water partition coefficient (Wildman–Crippen LogP) is 4.36. The van der Waals surface area contributed by atoms with Gasteiger partial charge in [-0.15, -0.1) is 0 Å². The van der Waals surface area contributed by atoms with Gasteiger partial charge in [0.1, 0.15) is 0 Å². The third-order valence-corrected chi connectivity index (χ3v) is 3.87. The zero-order valence-electron chi connectivity index (χ0n) is 13.3. The molecule has 0 aliphatic rings. The summed E-state index contributed by atoms with van der Waals surface area (Å²) in [5.74, 6) is 0.401. The van der Waals surface area contributed by atoms with Gasteiger partial charge in [-0.2, -0.15) is 5.10 Å². The van der Waals surface area contributed by atoms with Crippen molar-refractivity contribution >= 4 is 11.6 Å². The van der Waals surface area contributed by atoms with Crippen LogP contribution in [-0.2, 0) is 13.6 Å². The van der Waals surface area contributed by atoms with Crippen molar-refractivity contribution in [3.63, 3.8) is 0 Å². The van der Waals surface area contributed by atoms with Gasteiger partial charge in [0.05, 0.1) is 5.69 Å². The van der Waals surface area contributed by atoms with E-state index in [9.17, 15) is 0 Å². The van der Waals surface area contributed by atoms with E-state index in [1.807, 2.05) is 17.8 Å². The number of halogens is 1. The highest BCUT2D eigenvalue weighted by Gasteiger charge is 2.14. The van der Waals surface area contributed by atoms with Crippen LogP contribution in [0.2, 0.25) is 5.02 Å². The van der Waals surface area contributed by atoms with Crippen molar-refractivity contribution in [3.05, 3.63) is 40.7 Å². The summed E-state index contributed by atoms with van der Waals surface area (Å²) >= 11 is 6.31. The van der Waals surface area contributed by atoms with Gasteiger partial charge >= 0.3 is 0 Å². The van der Waals surface area contributed by atoms with Crippen LogP contribution in [0.5, 0.6) is 0 Å². The second-order valence-electron chi connectivity index (χ2n) is 5.74. The van der Waals surface area contributed by atoms with Gasteiger partial charge in [0, 0.05) is 30.4 Å². The maximum atomic E-state index is 6.31. The summed E-state index contributed by atoms with van der Waals surface area (Å²) in [5, 5.41) is 8.81. The Hall–Kier alpha value is -1.32. The van der Waals surface area contributed by atoms with Crippen molar-refractivity contribution in [2.75, 3.05) is 6.54 Å². The number of benzene rings is 1. The van der Waals surface area contributed by atoms with Crippen LogP contribution in [0.15, 0.2) is 24.4 Å². The summed E-state index contributed by atoms with van der Waals surface area (Å²) in [5.41, 5.74) is 4.65. The zero-order valence-corrected chi connectivity index (χ0v) is 14.0. The Labute approximate surface area is 132 Å². The molecule has 3 nitrogen and oxygen atoms in total. The molecule has 0 radical (unpaired) electrons. The monoisotopic (exact) mass is 305 g/mol. The van der Waals surface area contributed by atoms with Crippen LogP contribution in [0.3, 0.4) is 0 Å². The van der Waals surface area contributed by atoms with E-state index >= 15 is 0 Å². The summed E-state index contributed by atoms with van der Waals surface area (Å²) in [6.07, 6.45) is 3.21. The number of rotatable bonds is 6. The number of hydrogen-bond donors (Lipinski definition) is 1. The molecule has 1 aromatic heterocycles. The zero-order chi connectivity index (χ0) is 15.4. The standard InChI is InChI=1S/C17H24ClN3/c1-5-8-19-10-14-9-13(6-7-16(14)18)15-11-21(4)20-17(15)12(2)3/h6-7,9,11-12,19H,5,8,10H2,1-4H3. The first-order chi connectivity index (χ1) is 10.0. The molecule has 0 aliphatic carbocycles. The van der Waals surface area contributed by atoms with Crippen molar-refractivity contribution < 1.29 is 0 Å². The molecule has 0 saturated heterocycles. The molecule has 0 aliphatic heterocycles. The Kier molecular flexibility index (Phi) is 5.43. The van der Waals surface area contributed by atoms with Crippen LogP contribution in [0.4, 0.5) is 0 Å². The molecule has 0 unspecified atom stereocenters. The lowest BCUT2D eigenvalue weighted by atomic mass is 9.98. The van der Waals surface area contributed by atoms with Crippen molar-refractivity contribution in [1.82, 2.24) is 15.1 Å². The van der Waals surface area contributed by atoms with E-state index in [2.05, 4.69) is 49.5 Å². The SMILES string of the molecule is CCCNCc1cc(-c2cn(C)nc2C(C)C)ccc1Cl.